The van der Waals surface area contributed by atoms with Gasteiger partial charge in [0.25, 0.3) is 11.5 Å². The van der Waals surface area contributed by atoms with Crippen molar-refractivity contribution in [3.8, 4) is 0 Å². The van der Waals surface area contributed by atoms with Crippen LogP contribution in [0.2, 0.25) is 0 Å². The topological polar surface area (TPSA) is 81.0 Å². The van der Waals surface area contributed by atoms with Crippen LogP contribution in [0.1, 0.15) is 57.4 Å². The SMILES string of the molecule is C=CCN1C(=O)/C(=c2\sc3n(c2=O)[C@H](c2ccc(C(C)(C)C)cc2)C(C(=O)OCC)=C(C)N=3)c2ccccc21. The van der Waals surface area contributed by atoms with Gasteiger partial charge in [0.2, 0.25) is 0 Å². The van der Waals surface area contributed by atoms with Gasteiger partial charge in [0.05, 0.1) is 35.2 Å². The van der Waals surface area contributed by atoms with Crippen LogP contribution in [0.25, 0.3) is 5.57 Å². The fourth-order valence-electron chi connectivity index (χ4n) is 5.13. The van der Waals surface area contributed by atoms with E-state index in [1.807, 2.05) is 48.5 Å². The molecule has 2 aliphatic heterocycles. The first-order valence-corrected chi connectivity index (χ1v) is 13.7. The lowest BCUT2D eigenvalue weighted by Crippen LogP contribution is -2.41. The molecular formula is C31H31N3O4S. The smallest absolute Gasteiger partial charge is 0.338 e. The van der Waals surface area contributed by atoms with E-state index in [2.05, 4.69) is 32.3 Å². The summed E-state index contributed by atoms with van der Waals surface area (Å²) in [5.41, 5.74) is 4.06. The van der Waals surface area contributed by atoms with Gasteiger partial charge in [-0.05, 0) is 36.5 Å². The zero-order chi connectivity index (χ0) is 28.1. The molecule has 0 radical (unpaired) electrons. The van der Waals surface area contributed by atoms with Gasteiger partial charge in [-0.15, -0.1) is 6.58 Å². The summed E-state index contributed by atoms with van der Waals surface area (Å²) in [5, 5.41) is 0. The molecule has 0 saturated carbocycles. The lowest BCUT2D eigenvalue weighted by molar-refractivity contribution is -0.139. The highest BCUT2D eigenvalue weighted by molar-refractivity contribution is 7.07. The second-order valence-corrected chi connectivity index (χ2v) is 11.6. The van der Waals surface area contributed by atoms with Crippen molar-refractivity contribution in [2.75, 3.05) is 18.1 Å². The predicted octanol–water partition coefficient (Wildman–Crippen LogP) is 4.00. The van der Waals surface area contributed by atoms with E-state index in [0.29, 0.717) is 38.3 Å². The molecule has 2 aliphatic rings. The first-order chi connectivity index (χ1) is 18.6. The van der Waals surface area contributed by atoms with Crippen LogP contribution in [0.3, 0.4) is 0 Å². The highest BCUT2D eigenvalue weighted by Gasteiger charge is 2.37. The molecule has 0 saturated heterocycles. The Kier molecular flexibility index (Phi) is 6.76. The summed E-state index contributed by atoms with van der Waals surface area (Å²) < 4.78 is 7.23. The van der Waals surface area contributed by atoms with E-state index in [-0.39, 0.29) is 23.5 Å². The maximum absolute atomic E-state index is 14.2. The van der Waals surface area contributed by atoms with Crippen molar-refractivity contribution in [2.45, 2.75) is 46.1 Å². The van der Waals surface area contributed by atoms with Crippen LogP contribution in [0.5, 0.6) is 0 Å². The number of nitrogens with zero attached hydrogens (tertiary/aromatic N) is 3. The maximum atomic E-state index is 14.2. The number of para-hydroxylation sites is 1. The van der Waals surface area contributed by atoms with E-state index in [1.54, 1.807) is 24.8 Å². The van der Waals surface area contributed by atoms with E-state index in [4.69, 9.17) is 4.74 Å². The summed E-state index contributed by atoms with van der Waals surface area (Å²) in [4.78, 5) is 47.7. The Hall–Kier alpha value is -4.04. The third-order valence-corrected chi connectivity index (χ3v) is 8.10. The number of aromatic nitrogens is 1. The molecule has 0 unspecified atom stereocenters. The van der Waals surface area contributed by atoms with Crippen LogP contribution >= 0.6 is 11.3 Å². The lowest BCUT2D eigenvalue weighted by atomic mass is 9.85. The Morgan fingerprint density at radius 3 is 2.46 bits per heavy atom. The van der Waals surface area contributed by atoms with Crippen molar-refractivity contribution in [1.29, 1.82) is 0 Å². The number of rotatable bonds is 5. The average Bonchev–Trinajstić information content (AvgIpc) is 3.36. The first-order valence-electron chi connectivity index (χ1n) is 12.9. The zero-order valence-electron chi connectivity index (χ0n) is 22.8. The third-order valence-electron chi connectivity index (χ3n) is 7.05. The summed E-state index contributed by atoms with van der Waals surface area (Å²) in [6, 6.07) is 14.6. The molecule has 0 fully saturated rings. The van der Waals surface area contributed by atoms with Crippen LogP contribution in [-0.4, -0.2) is 29.6 Å². The molecule has 0 N–H and O–H groups in total. The van der Waals surface area contributed by atoms with Gasteiger partial charge < -0.3 is 9.64 Å². The quantitative estimate of drug-likeness (QED) is 0.361. The molecular weight excluding hydrogens is 510 g/mol. The summed E-state index contributed by atoms with van der Waals surface area (Å²) in [5.74, 6) is -0.769. The lowest BCUT2D eigenvalue weighted by Gasteiger charge is -2.26. The third kappa shape index (κ3) is 4.38. The standard InChI is InChI=1S/C31H31N3O4S/c1-7-17-33-22-12-10-9-11-21(22)24(27(33)35)26-28(36)34-25(19-13-15-20(16-14-19)31(4,5)6)23(29(37)38-8-2)18(3)32-30(34)39-26/h7,9-16,25H,1,8,17H2,2-6H3/b26-24-/t25-/m1/s1. The number of anilines is 1. The van der Waals surface area contributed by atoms with Gasteiger partial charge >= 0.3 is 5.97 Å². The molecule has 7 nitrogen and oxygen atoms in total. The zero-order valence-corrected chi connectivity index (χ0v) is 23.6. The van der Waals surface area contributed by atoms with Crippen LogP contribution in [0, 0.1) is 0 Å². The van der Waals surface area contributed by atoms with Crippen molar-refractivity contribution in [2.24, 2.45) is 4.99 Å². The maximum Gasteiger partial charge on any atom is 0.338 e. The summed E-state index contributed by atoms with van der Waals surface area (Å²) >= 11 is 1.17. The normalized spacial score (nSPS) is 18.0. The minimum atomic E-state index is -0.736. The molecule has 1 amide bonds. The molecule has 1 aromatic heterocycles. The van der Waals surface area contributed by atoms with Crippen LogP contribution in [-0.2, 0) is 19.7 Å². The fourth-order valence-corrected chi connectivity index (χ4v) is 6.27. The van der Waals surface area contributed by atoms with Crippen molar-refractivity contribution in [3.05, 3.63) is 109 Å². The Morgan fingerprint density at radius 2 is 1.82 bits per heavy atom. The summed E-state index contributed by atoms with van der Waals surface area (Å²) in [6.07, 6.45) is 1.66. The Morgan fingerprint density at radius 1 is 1.13 bits per heavy atom. The number of fused-ring (bicyclic) bond motifs is 2. The molecule has 0 bridgehead atoms. The number of hydrogen-bond donors (Lipinski definition) is 0. The Bertz CT molecular complexity index is 1720. The fraction of sp³-hybridized carbons (Fsp3) is 0.290. The first kappa shape index (κ1) is 26.6. The predicted molar refractivity (Wildman–Crippen MR) is 153 cm³/mol. The summed E-state index contributed by atoms with van der Waals surface area (Å²) in [6.45, 7) is 14.2. The second-order valence-electron chi connectivity index (χ2n) is 10.6. The van der Waals surface area contributed by atoms with E-state index in [9.17, 15) is 14.4 Å². The van der Waals surface area contributed by atoms with Crippen molar-refractivity contribution < 1.29 is 14.3 Å². The monoisotopic (exact) mass is 541 g/mol. The average molecular weight is 542 g/mol. The Labute approximate surface area is 231 Å². The highest BCUT2D eigenvalue weighted by Crippen LogP contribution is 2.36. The van der Waals surface area contributed by atoms with E-state index < -0.39 is 12.0 Å². The number of amides is 1. The molecule has 200 valence electrons. The van der Waals surface area contributed by atoms with Gasteiger partial charge in [0, 0.05) is 12.1 Å². The van der Waals surface area contributed by atoms with Gasteiger partial charge in [-0.2, -0.15) is 0 Å². The number of carbonyl (C=O) groups excluding carboxylic acids is 2. The minimum Gasteiger partial charge on any atom is -0.463 e. The Balaban J connectivity index is 1.79. The van der Waals surface area contributed by atoms with Crippen molar-refractivity contribution in [1.82, 2.24) is 4.57 Å². The molecule has 5 rings (SSSR count). The number of hydrogen-bond acceptors (Lipinski definition) is 6. The number of esters is 1. The van der Waals surface area contributed by atoms with Crippen LogP contribution in [0.4, 0.5) is 5.69 Å². The molecule has 1 atom stereocenters. The number of thiazole rings is 1. The van der Waals surface area contributed by atoms with Crippen LogP contribution < -0.4 is 19.8 Å². The van der Waals surface area contributed by atoms with Crippen LogP contribution in [0.15, 0.2) is 82.2 Å². The summed E-state index contributed by atoms with van der Waals surface area (Å²) in [7, 11) is 0. The van der Waals surface area contributed by atoms with Gasteiger partial charge in [-0.25, -0.2) is 9.79 Å². The number of carbonyl (C=O) groups is 2. The van der Waals surface area contributed by atoms with Crippen molar-refractivity contribution in [3.63, 3.8) is 0 Å². The number of allylic oxidation sites excluding steroid dienone is 1. The highest BCUT2D eigenvalue weighted by atomic mass is 32.1. The molecule has 2 aromatic carbocycles. The number of benzene rings is 2. The van der Waals surface area contributed by atoms with E-state index in [0.717, 1.165) is 16.8 Å². The van der Waals surface area contributed by atoms with E-state index in [1.165, 1.54) is 15.9 Å². The van der Waals surface area contributed by atoms with E-state index >= 15 is 0 Å². The van der Waals surface area contributed by atoms with Gasteiger partial charge in [0.15, 0.2) is 4.80 Å². The second kappa shape index (κ2) is 9.93. The molecule has 39 heavy (non-hydrogen) atoms. The molecule has 0 aliphatic carbocycles. The number of ether oxygens (including phenoxy) is 1. The van der Waals surface area contributed by atoms with Gasteiger partial charge in [-0.3, -0.25) is 14.2 Å². The molecule has 8 heteroatoms. The van der Waals surface area contributed by atoms with Gasteiger partial charge in [-0.1, -0.05) is 80.6 Å². The van der Waals surface area contributed by atoms with Crippen molar-refractivity contribution >= 4 is 34.5 Å². The molecule has 0 spiro atoms. The largest absolute Gasteiger partial charge is 0.463 e. The molecule has 3 aromatic rings. The molecule has 3 heterocycles. The van der Waals surface area contributed by atoms with Gasteiger partial charge in [0.1, 0.15) is 4.53 Å². The minimum absolute atomic E-state index is 0.0577.